The average Bonchev–Trinajstić information content (AvgIpc) is 3.26. The number of likely N-dealkylation sites (tertiary alicyclic amines) is 1. The number of fused-ring (bicyclic) bond motifs is 1. The molecule has 9 heteroatoms. The highest BCUT2D eigenvalue weighted by molar-refractivity contribution is 14.2. The monoisotopic (exact) mass is 541 g/mol. The lowest BCUT2D eigenvalue weighted by Crippen LogP contribution is -2.40. The lowest BCUT2D eigenvalue weighted by molar-refractivity contribution is -0.121. The summed E-state index contributed by atoms with van der Waals surface area (Å²) in [5.41, 5.74) is 2.60. The maximum Gasteiger partial charge on any atom is 0.228 e. The number of hydrogen-bond acceptors (Lipinski definition) is 6. The van der Waals surface area contributed by atoms with Gasteiger partial charge < -0.3 is 5.32 Å². The Morgan fingerprint density at radius 2 is 2.12 bits per heavy atom. The van der Waals surface area contributed by atoms with Gasteiger partial charge in [0.1, 0.15) is 5.82 Å². The molecule has 1 N–H and O–H groups in total. The number of pyridine rings is 2. The van der Waals surface area contributed by atoms with Crippen molar-refractivity contribution < 1.29 is 4.79 Å². The van der Waals surface area contributed by atoms with Crippen LogP contribution in [0.4, 0.5) is 5.82 Å². The van der Waals surface area contributed by atoms with Crippen LogP contribution in [-0.4, -0.2) is 60.0 Å². The van der Waals surface area contributed by atoms with Crippen molar-refractivity contribution in [3.05, 3.63) is 46.9 Å². The number of hydrogen-bond donors (Lipinski definition) is 1. The zero-order valence-electron chi connectivity index (χ0n) is 17.8. The summed E-state index contributed by atoms with van der Waals surface area (Å²) in [4.78, 5) is 28.9. The van der Waals surface area contributed by atoms with Gasteiger partial charge >= 0.3 is 0 Å². The molecule has 3 aromatic rings. The molecule has 0 aliphatic carbocycles. The highest BCUT2D eigenvalue weighted by atomic mass is 127. The number of aliphatic imine (C=N–C) groups is 1. The van der Waals surface area contributed by atoms with Crippen LogP contribution in [0.1, 0.15) is 12.8 Å². The van der Waals surface area contributed by atoms with Gasteiger partial charge in [-0.1, -0.05) is 20.7 Å². The molecule has 0 atom stereocenters. The molecule has 5 heterocycles. The van der Waals surface area contributed by atoms with E-state index in [2.05, 4.69) is 29.4 Å². The number of nitrogens with one attached hydrogen (secondary N) is 1. The average molecular weight is 541 g/mol. The molecule has 32 heavy (non-hydrogen) atoms. The summed E-state index contributed by atoms with van der Waals surface area (Å²) in [5, 5.41) is 8.15. The number of aryl methyl sites for hydroxylation is 1. The van der Waals surface area contributed by atoms with E-state index in [9.17, 15) is 4.79 Å². The highest BCUT2D eigenvalue weighted by Gasteiger charge is 2.25. The topological polar surface area (TPSA) is 88.3 Å². The van der Waals surface area contributed by atoms with Gasteiger partial charge in [0.15, 0.2) is 0 Å². The Morgan fingerprint density at radius 1 is 1.25 bits per heavy atom. The molecular formula is C23H24IN7O. The third kappa shape index (κ3) is 4.83. The summed E-state index contributed by atoms with van der Waals surface area (Å²) in [7, 11) is 1.88. The number of allylic oxidation sites excluding steroid dienone is 1. The van der Waals surface area contributed by atoms with E-state index >= 15 is 0 Å². The number of halogens is 1. The predicted molar refractivity (Wildman–Crippen MR) is 136 cm³/mol. The van der Waals surface area contributed by atoms with Crippen molar-refractivity contribution in [1.29, 1.82) is 0 Å². The van der Waals surface area contributed by atoms with Crippen molar-refractivity contribution in [3.8, 4) is 11.3 Å². The Bertz CT molecular complexity index is 1240. The van der Waals surface area contributed by atoms with Crippen LogP contribution in [0, 0.1) is 5.92 Å². The van der Waals surface area contributed by atoms with Crippen molar-refractivity contribution in [3.63, 3.8) is 0 Å². The van der Waals surface area contributed by atoms with Crippen LogP contribution in [0.2, 0.25) is 0 Å². The molecule has 0 unspecified atom stereocenters. The van der Waals surface area contributed by atoms with Crippen LogP contribution in [-0.2, 0) is 11.8 Å². The summed E-state index contributed by atoms with van der Waals surface area (Å²) in [6, 6.07) is 5.80. The fourth-order valence-corrected chi connectivity index (χ4v) is 5.74. The molecule has 2 aliphatic rings. The minimum Gasteiger partial charge on any atom is -0.310 e. The molecule has 0 spiro atoms. The van der Waals surface area contributed by atoms with Gasteiger partial charge in [-0.25, -0.2) is 9.97 Å². The molecule has 0 radical (unpaired) electrons. The molecule has 8 nitrogen and oxygen atoms in total. The Labute approximate surface area is 196 Å². The zero-order valence-corrected chi connectivity index (χ0v) is 19.9. The first kappa shape index (κ1) is 21.1. The molecule has 164 valence electrons. The third-order valence-corrected chi connectivity index (χ3v) is 7.81. The molecule has 1 fully saturated rings. The van der Waals surface area contributed by atoms with Crippen molar-refractivity contribution in [2.45, 2.75) is 12.8 Å². The van der Waals surface area contributed by atoms with E-state index in [4.69, 9.17) is 4.98 Å². The first-order chi connectivity index (χ1) is 15.6. The van der Waals surface area contributed by atoms with Gasteiger partial charge in [0.2, 0.25) is 5.91 Å². The van der Waals surface area contributed by atoms with Crippen LogP contribution in [0.25, 0.3) is 22.2 Å². The molecule has 5 rings (SSSR count). The molecule has 1 amide bonds. The zero-order chi connectivity index (χ0) is 21.9. The summed E-state index contributed by atoms with van der Waals surface area (Å²) in [6.45, 7) is 2.77. The number of piperidine rings is 1. The Hall–Kier alpha value is -2.79. The van der Waals surface area contributed by atoms with E-state index in [-0.39, 0.29) is 32.6 Å². The van der Waals surface area contributed by atoms with E-state index in [0.29, 0.717) is 5.82 Å². The minimum absolute atomic E-state index is 0.00730. The highest BCUT2D eigenvalue weighted by Crippen LogP contribution is 2.23. The van der Waals surface area contributed by atoms with Gasteiger partial charge in [-0.05, 0) is 48.2 Å². The lowest BCUT2D eigenvalue weighted by Gasteiger charge is -2.31. The standard InChI is InChI=1S/C23H24IN7O/c1-30-14-18(13-27-30)19-4-3-17-12-26-22(11-20(17)28-19)29-23(32)16-5-9-31(10-6-16)15-21-24-7-2-8-25-21/h2-4,7-8,11-14,16H,5-6,9-10,15H2,1H3,(H,26,29,32). The van der Waals surface area contributed by atoms with E-state index in [1.807, 2.05) is 43.7 Å². The minimum atomic E-state index is -0.0695. The van der Waals surface area contributed by atoms with Crippen molar-refractivity contribution >= 4 is 53.2 Å². The number of rotatable bonds is 5. The molecule has 3 aromatic heterocycles. The number of amides is 1. The Morgan fingerprint density at radius 3 is 2.88 bits per heavy atom. The Kier molecular flexibility index (Phi) is 6.17. The second kappa shape index (κ2) is 9.37. The van der Waals surface area contributed by atoms with Gasteiger partial charge in [0, 0.05) is 55.1 Å². The van der Waals surface area contributed by atoms with Gasteiger partial charge in [0.05, 0.1) is 21.0 Å². The number of aromatic nitrogens is 4. The maximum atomic E-state index is 12.9. The van der Waals surface area contributed by atoms with Gasteiger partial charge in [-0.15, -0.1) is 0 Å². The summed E-state index contributed by atoms with van der Waals surface area (Å²) in [6.07, 6.45) is 11.1. The van der Waals surface area contributed by atoms with Crippen LogP contribution in [0.5, 0.6) is 0 Å². The molecular weight excluding hydrogens is 517 g/mol. The van der Waals surface area contributed by atoms with Crippen LogP contribution < -0.4 is 5.32 Å². The first-order valence-electron chi connectivity index (χ1n) is 10.6. The number of carbonyl (C=O) groups is 1. The van der Waals surface area contributed by atoms with Crippen molar-refractivity contribution in [1.82, 2.24) is 24.6 Å². The van der Waals surface area contributed by atoms with E-state index < -0.39 is 0 Å². The maximum absolute atomic E-state index is 12.9. The SMILES string of the molecule is Cn1cc(-c2ccc3cnc(NC(=O)C4CCN(CC5=IC=CC=N5)CC4)cc3n2)cn1. The van der Waals surface area contributed by atoms with E-state index in [0.717, 1.165) is 54.6 Å². The third-order valence-electron chi connectivity index (χ3n) is 5.70. The molecule has 2 aliphatic heterocycles. The smallest absolute Gasteiger partial charge is 0.228 e. The second-order valence-corrected chi connectivity index (χ2v) is 10.6. The van der Waals surface area contributed by atoms with E-state index in [1.165, 1.54) is 3.63 Å². The molecule has 0 saturated carbocycles. The van der Waals surface area contributed by atoms with Crippen LogP contribution in [0.15, 0.2) is 51.9 Å². The molecule has 0 aromatic carbocycles. The Balaban J connectivity index is 1.22. The van der Waals surface area contributed by atoms with Crippen LogP contribution >= 0.6 is 20.7 Å². The van der Waals surface area contributed by atoms with Crippen molar-refractivity contribution in [2.24, 2.45) is 18.0 Å². The fourth-order valence-electron chi connectivity index (χ4n) is 3.93. The normalized spacial score (nSPS) is 17.2. The lowest BCUT2D eigenvalue weighted by atomic mass is 9.96. The predicted octanol–water partition coefficient (Wildman–Crippen LogP) is 3.38. The van der Waals surface area contributed by atoms with E-state index in [1.54, 1.807) is 17.1 Å². The van der Waals surface area contributed by atoms with Crippen LogP contribution in [0.3, 0.4) is 0 Å². The molecule has 0 bridgehead atoms. The van der Waals surface area contributed by atoms with Gasteiger partial charge in [-0.2, -0.15) is 5.10 Å². The van der Waals surface area contributed by atoms with Crippen molar-refractivity contribution in [2.75, 3.05) is 25.0 Å². The number of anilines is 1. The largest absolute Gasteiger partial charge is 0.310 e. The summed E-state index contributed by atoms with van der Waals surface area (Å²) >= 11 is -0.0695. The quantitative estimate of drug-likeness (QED) is 0.501. The summed E-state index contributed by atoms with van der Waals surface area (Å²) < 4.78 is 5.30. The number of carbonyl (C=O) groups excluding carboxylic acids is 1. The number of nitrogens with zero attached hydrogens (tertiary/aromatic N) is 6. The second-order valence-electron chi connectivity index (χ2n) is 7.98. The fraction of sp³-hybridized carbons (Fsp3) is 0.304. The van der Waals surface area contributed by atoms with Gasteiger partial charge in [-0.3, -0.25) is 19.4 Å². The first-order valence-corrected chi connectivity index (χ1v) is 12.9. The molecule has 1 saturated heterocycles. The summed E-state index contributed by atoms with van der Waals surface area (Å²) in [5.74, 6) is 0.593. The van der Waals surface area contributed by atoms with Gasteiger partial charge in [0.25, 0.3) is 0 Å².